The van der Waals surface area contributed by atoms with E-state index in [4.69, 9.17) is 4.74 Å². The second kappa shape index (κ2) is 12.3. The first-order chi connectivity index (χ1) is 17.1. The Labute approximate surface area is 211 Å². The number of Topliss-reactive ketones (excluding diaryl/α,β-unsaturated/α-hetero) is 1. The maximum atomic E-state index is 13.4. The molecule has 2 aromatic rings. The standard InChI is InChI=1S/C27H32FNO6S/c1-18(2)26-25(31)15-20(16-30)4-3-13-35-23-9-5-19(6-10-23)14-21(27(32)29-26)17-36(33,34)24-11-7-22(28)8-12-24/h5-12,16,18,20-21,26H,3-4,13-15,17H2,1-2H3,(H,29,32)/t20-,21-,26+/m1/s1. The Bertz CT molecular complexity index is 1160. The van der Waals surface area contributed by atoms with E-state index in [0.717, 1.165) is 24.0 Å². The number of carbonyl (C=O) groups is 3. The predicted molar refractivity (Wildman–Crippen MR) is 133 cm³/mol. The minimum Gasteiger partial charge on any atom is -0.494 e. The summed E-state index contributed by atoms with van der Waals surface area (Å²) in [4.78, 5) is 37.9. The van der Waals surface area contributed by atoms with Gasteiger partial charge in [0, 0.05) is 12.3 Å². The first kappa shape index (κ1) is 27.5. The molecule has 7 nitrogen and oxygen atoms in total. The number of ketones is 1. The molecule has 9 heteroatoms. The molecule has 36 heavy (non-hydrogen) atoms. The molecule has 0 fully saturated rings. The zero-order chi connectivity index (χ0) is 26.3. The molecule has 0 spiro atoms. The van der Waals surface area contributed by atoms with E-state index in [1.807, 2.05) is 0 Å². The van der Waals surface area contributed by atoms with E-state index in [2.05, 4.69) is 5.32 Å². The summed E-state index contributed by atoms with van der Waals surface area (Å²) in [6.07, 6.45) is 1.93. The van der Waals surface area contributed by atoms with E-state index in [-0.39, 0.29) is 29.4 Å². The van der Waals surface area contributed by atoms with Crippen LogP contribution in [0.3, 0.4) is 0 Å². The lowest BCUT2D eigenvalue weighted by molar-refractivity contribution is -0.131. The van der Waals surface area contributed by atoms with E-state index in [1.54, 1.807) is 38.1 Å². The summed E-state index contributed by atoms with van der Waals surface area (Å²) in [7, 11) is -3.93. The summed E-state index contributed by atoms with van der Waals surface area (Å²) in [5, 5.41) is 2.76. The van der Waals surface area contributed by atoms with Crippen molar-refractivity contribution in [2.75, 3.05) is 12.4 Å². The number of benzene rings is 2. The molecule has 0 saturated heterocycles. The third-order valence-corrected chi connectivity index (χ3v) is 8.16. The Morgan fingerprint density at radius 1 is 1.06 bits per heavy atom. The van der Waals surface area contributed by atoms with Crippen LogP contribution >= 0.6 is 0 Å². The lowest BCUT2D eigenvalue weighted by Gasteiger charge is -2.26. The van der Waals surface area contributed by atoms with Crippen LogP contribution < -0.4 is 10.1 Å². The number of hydrogen-bond acceptors (Lipinski definition) is 6. The lowest BCUT2D eigenvalue weighted by Crippen LogP contribution is -2.48. The zero-order valence-electron chi connectivity index (χ0n) is 20.5. The van der Waals surface area contributed by atoms with Gasteiger partial charge in [-0.1, -0.05) is 26.0 Å². The van der Waals surface area contributed by atoms with Crippen LogP contribution in [0, 0.1) is 23.6 Å². The fraction of sp³-hybridized carbons (Fsp3) is 0.444. The van der Waals surface area contributed by atoms with Gasteiger partial charge < -0.3 is 14.8 Å². The van der Waals surface area contributed by atoms with Crippen molar-refractivity contribution in [1.29, 1.82) is 0 Å². The minimum atomic E-state index is -3.93. The van der Waals surface area contributed by atoms with Gasteiger partial charge in [-0.2, -0.15) is 0 Å². The summed E-state index contributed by atoms with van der Waals surface area (Å²) in [5.41, 5.74) is 0.734. The van der Waals surface area contributed by atoms with Gasteiger partial charge in [0.25, 0.3) is 0 Å². The van der Waals surface area contributed by atoms with Crippen molar-refractivity contribution >= 4 is 27.8 Å². The highest BCUT2D eigenvalue weighted by molar-refractivity contribution is 7.91. The second-order valence-electron chi connectivity index (χ2n) is 9.57. The molecule has 2 bridgehead atoms. The molecule has 0 saturated carbocycles. The molecule has 4 rings (SSSR count). The number of amides is 1. The average molecular weight is 518 g/mol. The maximum Gasteiger partial charge on any atom is 0.225 e. The third kappa shape index (κ3) is 7.46. The molecule has 0 aromatic heterocycles. The van der Waals surface area contributed by atoms with Crippen LogP contribution in [-0.2, 0) is 30.6 Å². The van der Waals surface area contributed by atoms with Crippen molar-refractivity contribution in [3.8, 4) is 5.75 Å². The number of ether oxygens (including phenoxy) is 1. The minimum absolute atomic E-state index is 0.0150. The molecule has 1 N–H and O–H groups in total. The first-order valence-corrected chi connectivity index (χ1v) is 13.7. The molecule has 2 aromatic carbocycles. The summed E-state index contributed by atoms with van der Waals surface area (Å²) in [6.45, 7) is 3.96. The van der Waals surface area contributed by atoms with Gasteiger partial charge in [-0.15, -0.1) is 0 Å². The van der Waals surface area contributed by atoms with Gasteiger partial charge in [0.05, 0.1) is 29.2 Å². The monoisotopic (exact) mass is 517 g/mol. The lowest BCUT2D eigenvalue weighted by atomic mass is 9.90. The normalized spacial score (nSPS) is 22.2. The van der Waals surface area contributed by atoms with Gasteiger partial charge in [-0.25, -0.2) is 12.8 Å². The van der Waals surface area contributed by atoms with Crippen LogP contribution in [0.25, 0.3) is 0 Å². The van der Waals surface area contributed by atoms with Gasteiger partial charge in [-0.05, 0) is 67.1 Å². The van der Waals surface area contributed by atoms with Crippen molar-refractivity contribution in [3.63, 3.8) is 0 Å². The molecular weight excluding hydrogens is 485 g/mol. The van der Waals surface area contributed by atoms with E-state index < -0.39 is 45.2 Å². The van der Waals surface area contributed by atoms with Gasteiger partial charge in [0.2, 0.25) is 5.91 Å². The second-order valence-corrected chi connectivity index (χ2v) is 11.6. The Morgan fingerprint density at radius 3 is 2.33 bits per heavy atom. The number of halogens is 1. The van der Waals surface area contributed by atoms with Crippen LogP contribution in [0.5, 0.6) is 5.75 Å². The van der Waals surface area contributed by atoms with E-state index in [1.165, 1.54) is 12.1 Å². The zero-order valence-corrected chi connectivity index (χ0v) is 21.3. The Morgan fingerprint density at radius 2 is 1.72 bits per heavy atom. The quantitative estimate of drug-likeness (QED) is 0.480. The van der Waals surface area contributed by atoms with Crippen molar-refractivity contribution in [1.82, 2.24) is 5.32 Å². The highest BCUT2D eigenvalue weighted by Crippen LogP contribution is 2.22. The van der Waals surface area contributed by atoms with E-state index in [9.17, 15) is 27.2 Å². The van der Waals surface area contributed by atoms with E-state index >= 15 is 0 Å². The largest absolute Gasteiger partial charge is 0.494 e. The fourth-order valence-electron chi connectivity index (χ4n) is 4.27. The van der Waals surface area contributed by atoms with Gasteiger partial charge >= 0.3 is 0 Å². The molecule has 0 aliphatic carbocycles. The van der Waals surface area contributed by atoms with E-state index in [0.29, 0.717) is 25.2 Å². The molecule has 2 aliphatic heterocycles. The maximum absolute atomic E-state index is 13.4. The molecule has 0 unspecified atom stereocenters. The predicted octanol–water partition coefficient (Wildman–Crippen LogP) is 3.55. The number of fused-ring (bicyclic) bond motifs is 13. The summed E-state index contributed by atoms with van der Waals surface area (Å²) >= 11 is 0. The SMILES string of the molecule is CC(C)[C@@H]1NC(=O)[C@@H](CS(=O)(=O)c2ccc(F)cc2)Cc2ccc(cc2)OCCC[C@@H](C=O)CC1=O. The Balaban J connectivity index is 1.94. The van der Waals surface area contributed by atoms with Gasteiger partial charge in [0.15, 0.2) is 15.6 Å². The number of hydrogen-bond donors (Lipinski definition) is 1. The van der Waals surface area contributed by atoms with Crippen LogP contribution in [0.2, 0.25) is 0 Å². The van der Waals surface area contributed by atoms with Crippen LogP contribution in [0.15, 0.2) is 53.4 Å². The molecule has 3 atom stereocenters. The van der Waals surface area contributed by atoms with Crippen LogP contribution in [0.1, 0.15) is 38.7 Å². The molecule has 0 radical (unpaired) electrons. The number of sulfone groups is 1. The molecular formula is C27H32FNO6S. The van der Waals surface area contributed by atoms with Crippen molar-refractivity contribution in [2.45, 2.75) is 50.5 Å². The molecule has 2 heterocycles. The van der Waals surface area contributed by atoms with Crippen LogP contribution in [-0.4, -0.2) is 44.8 Å². The highest BCUT2D eigenvalue weighted by Gasteiger charge is 2.32. The topological polar surface area (TPSA) is 107 Å². The number of nitrogens with one attached hydrogen (secondary N) is 1. The summed E-state index contributed by atoms with van der Waals surface area (Å²) in [5.74, 6) is -3.06. The molecule has 2 aliphatic rings. The van der Waals surface area contributed by atoms with Gasteiger partial charge in [-0.3, -0.25) is 9.59 Å². The van der Waals surface area contributed by atoms with Crippen LogP contribution in [0.4, 0.5) is 4.39 Å². The number of carbonyl (C=O) groups excluding carboxylic acids is 3. The highest BCUT2D eigenvalue weighted by atomic mass is 32.2. The first-order valence-electron chi connectivity index (χ1n) is 12.1. The summed E-state index contributed by atoms with van der Waals surface area (Å²) in [6, 6.07) is 10.6. The number of aldehydes is 1. The van der Waals surface area contributed by atoms with Crippen molar-refractivity contribution < 1.29 is 31.9 Å². The Hall–Kier alpha value is -3.07. The van der Waals surface area contributed by atoms with Gasteiger partial charge in [0.1, 0.15) is 17.9 Å². The van der Waals surface area contributed by atoms with Crippen molar-refractivity contribution in [3.05, 3.63) is 59.9 Å². The molecule has 194 valence electrons. The third-order valence-electron chi connectivity index (χ3n) is 6.32. The number of rotatable bonds is 5. The summed E-state index contributed by atoms with van der Waals surface area (Å²) < 4.78 is 45.3. The van der Waals surface area contributed by atoms with Crippen molar-refractivity contribution in [2.24, 2.45) is 17.8 Å². The average Bonchev–Trinajstić information content (AvgIpc) is 2.84. The smallest absolute Gasteiger partial charge is 0.225 e. The molecule has 1 amide bonds. The Kier molecular flexibility index (Phi) is 9.37. The fourth-order valence-corrected chi connectivity index (χ4v) is 5.81.